The molecule has 0 fully saturated rings. The molecule has 0 saturated carbocycles. The minimum absolute atomic E-state index is 0.608. The van der Waals surface area contributed by atoms with Crippen molar-refractivity contribution < 1.29 is 0 Å². The van der Waals surface area contributed by atoms with Crippen LogP contribution in [0, 0.1) is 5.92 Å². The maximum atomic E-state index is 4.31. The van der Waals surface area contributed by atoms with Crippen molar-refractivity contribution in [3.8, 4) is 0 Å². The first-order valence-corrected chi connectivity index (χ1v) is 4.22. The number of nitrogens with one attached hydrogen (secondary N) is 1. The smallest absolute Gasteiger partial charge is 0.130 e. The number of hydrogen-bond donors (Lipinski definition) is 1. The highest BCUT2D eigenvalue weighted by Gasteiger charge is 2.00. The Bertz CT molecular complexity index is 245. The predicted molar refractivity (Wildman–Crippen MR) is 50.1 cm³/mol. The van der Waals surface area contributed by atoms with E-state index in [1.807, 2.05) is 13.1 Å². The summed E-state index contributed by atoms with van der Waals surface area (Å²) >= 11 is 0. The summed E-state index contributed by atoms with van der Waals surface area (Å²) in [5.74, 6) is 2.41. The second-order valence-corrected chi connectivity index (χ2v) is 3.21. The van der Waals surface area contributed by atoms with Crippen LogP contribution in [0.25, 0.3) is 0 Å². The molecule has 0 radical (unpaired) electrons. The number of aromatic nitrogens is 2. The van der Waals surface area contributed by atoms with E-state index in [9.17, 15) is 0 Å². The van der Waals surface area contributed by atoms with Crippen molar-refractivity contribution in [3.63, 3.8) is 0 Å². The Morgan fingerprint density at radius 1 is 1.50 bits per heavy atom. The molecule has 1 aromatic rings. The van der Waals surface area contributed by atoms with Gasteiger partial charge in [0.15, 0.2) is 0 Å². The summed E-state index contributed by atoms with van der Waals surface area (Å²) in [5.41, 5.74) is 0. The molecule has 1 aromatic heterocycles. The van der Waals surface area contributed by atoms with Gasteiger partial charge >= 0.3 is 0 Å². The van der Waals surface area contributed by atoms with Gasteiger partial charge in [-0.2, -0.15) is 0 Å². The highest BCUT2D eigenvalue weighted by Crippen LogP contribution is 2.05. The lowest BCUT2D eigenvalue weighted by Crippen LogP contribution is -2.02. The summed E-state index contributed by atoms with van der Waals surface area (Å²) in [6, 6.07) is 1.86. The Morgan fingerprint density at radius 3 is 2.83 bits per heavy atom. The van der Waals surface area contributed by atoms with Gasteiger partial charge in [-0.15, -0.1) is 0 Å². The van der Waals surface area contributed by atoms with Crippen LogP contribution in [0.4, 0.5) is 5.82 Å². The predicted octanol–water partition coefficient (Wildman–Crippen LogP) is 1.72. The van der Waals surface area contributed by atoms with Crippen LogP contribution in [0.3, 0.4) is 0 Å². The van der Waals surface area contributed by atoms with Gasteiger partial charge in [0, 0.05) is 19.7 Å². The molecule has 0 amide bonds. The minimum Gasteiger partial charge on any atom is -0.373 e. The standard InChI is InChI=1S/C9H15N3/c1-7(2)6-9-11-5-4-8(10-3)12-9/h4-5,7H,6H2,1-3H3,(H,10,11,12). The van der Waals surface area contributed by atoms with Gasteiger partial charge in [0.2, 0.25) is 0 Å². The van der Waals surface area contributed by atoms with Gasteiger partial charge in [-0.1, -0.05) is 13.8 Å². The lowest BCUT2D eigenvalue weighted by Gasteiger charge is -2.04. The van der Waals surface area contributed by atoms with Crippen molar-refractivity contribution in [1.82, 2.24) is 9.97 Å². The largest absolute Gasteiger partial charge is 0.373 e. The summed E-state index contributed by atoms with van der Waals surface area (Å²) in [6.07, 6.45) is 2.73. The zero-order chi connectivity index (χ0) is 8.97. The molecule has 1 heterocycles. The molecule has 12 heavy (non-hydrogen) atoms. The average Bonchev–Trinajstić information content (AvgIpc) is 2.03. The second kappa shape index (κ2) is 4.04. The highest BCUT2D eigenvalue weighted by atomic mass is 15.0. The fourth-order valence-corrected chi connectivity index (χ4v) is 1.00. The summed E-state index contributed by atoms with van der Waals surface area (Å²) in [7, 11) is 1.86. The van der Waals surface area contributed by atoms with E-state index in [-0.39, 0.29) is 0 Å². The molecule has 1 rings (SSSR count). The Morgan fingerprint density at radius 2 is 2.25 bits per heavy atom. The van der Waals surface area contributed by atoms with Gasteiger partial charge in [0.25, 0.3) is 0 Å². The van der Waals surface area contributed by atoms with Gasteiger partial charge in [-0.25, -0.2) is 9.97 Å². The van der Waals surface area contributed by atoms with Crippen LogP contribution in [0.15, 0.2) is 12.3 Å². The Balaban J connectivity index is 2.72. The first-order chi connectivity index (χ1) is 5.72. The molecular formula is C9H15N3. The lowest BCUT2D eigenvalue weighted by molar-refractivity contribution is 0.621. The molecule has 3 heteroatoms. The molecule has 0 spiro atoms. The molecule has 0 unspecified atom stereocenters. The van der Waals surface area contributed by atoms with Crippen molar-refractivity contribution in [2.75, 3.05) is 12.4 Å². The molecule has 3 nitrogen and oxygen atoms in total. The van der Waals surface area contributed by atoms with Crippen molar-refractivity contribution in [2.24, 2.45) is 5.92 Å². The van der Waals surface area contributed by atoms with Crippen LogP contribution in [0.1, 0.15) is 19.7 Å². The fourth-order valence-electron chi connectivity index (χ4n) is 1.00. The first-order valence-electron chi connectivity index (χ1n) is 4.22. The molecule has 1 N–H and O–H groups in total. The molecule has 0 atom stereocenters. The maximum Gasteiger partial charge on any atom is 0.130 e. The molecular weight excluding hydrogens is 150 g/mol. The molecule has 0 aliphatic carbocycles. The molecule has 0 aliphatic rings. The van der Waals surface area contributed by atoms with E-state index < -0.39 is 0 Å². The third kappa shape index (κ3) is 2.49. The average molecular weight is 165 g/mol. The summed E-state index contributed by atoms with van der Waals surface area (Å²) in [5, 5.41) is 2.99. The third-order valence-corrected chi connectivity index (χ3v) is 1.55. The van der Waals surface area contributed by atoms with Gasteiger partial charge in [0.05, 0.1) is 0 Å². The Hall–Kier alpha value is -1.12. The Kier molecular flexibility index (Phi) is 3.02. The Labute approximate surface area is 73.2 Å². The third-order valence-electron chi connectivity index (χ3n) is 1.55. The van der Waals surface area contributed by atoms with Gasteiger partial charge < -0.3 is 5.32 Å². The maximum absolute atomic E-state index is 4.31. The first kappa shape index (κ1) is 8.97. The van der Waals surface area contributed by atoms with E-state index in [1.165, 1.54) is 0 Å². The SMILES string of the molecule is CNc1ccnc(CC(C)C)n1. The second-order valence-electron chi connectivity index (χ2n) is 3.21. The van der Waals surface area contributed by atoms with Gasteiger partial charge in [-0.3, -0.25) is 0 Å². The minimum atomic E-state index is 0.608. The van der Waals surface area contributed by atoms with E-state index >= 15 is 0 Å². The topological polar surface area (TPSA) is 37.8 Å². The summed E-state index contributed by atoms with van der Waals surface area (Å²) in [6.45, 7) is 4.32. The van der Waals surface area contributed by atoms with Crippen LogP contribution >= 0.6 is 0 Å². The van der Waals surface area contributed by atoms with E-state index in [1.54, 1.807) is 6.20 Å². The van der Waals surface area contributed by atoms with E-state index in [4.69, 9.17) is 0 Å². The highest BCUT2D eigenvalue weighted by molar-refractivity contribution is 5.31. The number of rotatable bonds is 3. The molecule has 0 aromatic carbocycles. The van der Waals surface area contributed by atoms with Gasteiger partial charge in [-0.05, 0) is 12.0 Å². The van der Waals surface area contributed by atoms with E-state index in [0.29, 0.717) is 5.92 Å². The molecule has 0 aliphatic heterocycles. The van der Waals surface area contributed by atoms with E-state index in [0.717, 1.165) is 18.1 Å². The number of anilines is 1. The fraction of sp³-hybridized carbons (Fsp3) is 0.556. The van der Waals surface area contributed by atoms with Gasteiger partial charge in [0.1, 0.15) is 11.6 Å². The lowest BCUT2D eigenvalue weighted by atomic mass is 10.1. The number of hydrogen-bond acceptors (Lipinski definition) is 3. The normalized spacial score (nSPS) is 10.3. The van der Waals surface area contributed by atoms with Crippen molar-refractivity contribution in [2.45, 2.75) is 20.3 Å². The number of nitrogens with zero attached hydrogens (tertiary/aromatic N) is 2. The van der Waals surface area contributed by atoms with Crippen LogP contribution in [-0.4, -0.2) is 17.0 Å². The molecule has 0 saturated heterocycles. The van der Waals surface area contributed by atoms with Crippen LogP contribution < -0.4 is 5.32 Å². The van der Waals surface area contributed by atoms with Crippen molar-refractivity contribution >= 4 is 5.82 Å². The van der Waals surface area contributed by atoms with Crippen LogP contribution in [0.2, 0.25) is 0 Å². The van der Waals surface area contributed by atoms with Crippen molar-refractivity contribution in [3.05, 3.63) is 18.1 Å². The quantitative estimate of drug-likeness (QED) is 0.741. The summed E-state index contributed by atoms with van der Waals surface area (Å²) in [4.78, 5) is 8.49. The molecule has 66 valence electrons. The zero-order valence-electron chi connectivity index (χ0n) is 7.83. The molecule has 0 bridgehead atoms. The van der Waals surface area contributed by atoms with Crippen LogP contribution in [-0.2, 0) is 6.42 Å². The van der Waals surface area contributed by atoms with Crippen LogP contribution in [0.5, 0.6) is 0 Å². The monoisotopic (exact) mass is 165 g/mol. The van der Waals surface area contributed by atoms with E-state index in [2.05, 4.69) is 29.1 Å². The summed E-state index contributed by atoms with van der Waals surface area (Å²) < 4.78 is 0. The van der Waals surface area contributed by atoms with Crippen molar-refractivity contribution in [1.29, 1.82) is 0 Å². The zero-order valence-corrected chi connectivity index (χ0v) is 7.83.